The molecule has 0 bridgehead atoms. The van der Waals surface area contributed by atoms with Crippen LogP contribution in [0.3, 0.4) is 0 Å². The first-order chi connectivity index (χ1) is 12.5. The Morgan fingerprint density at radius 1 is 1.19 bits per heavy atom. The number of likely N-dealkylation sites (tertiary alicyclic amines) is 1. The lowest BCUT2D eigenvalue weighted by Crippen LogP contribution is -2.40. The van der Waals surface area contributed by atoms with Gasteiger partial charge in [-0.2, -0.15) is 15.0 Å². The van der Waals surface area contributed by atoms with E-state index in [4.69, 9.17) is 10.5 Å². The Bertz CT molecular complexity index is 745. The highest BCUT2D eigenvalue weighted by Gasteiger charge is 2.26. The molecule has 0 spiro atoms. The van der Waals surface area contributed by atoms with Crippen molar-refractivity contribution < 1.29 is 9.53 Å². The van der Waals surface area contributed by atoms with E-state index in [1.54, 1.807) is 23.9 Å². The van der Waals surface area contributed by atoms with Crippen LogP contribution in [0.15, 0.2) is 30.3 Å². The summed E-state index contributed by atoms with van der Waals surface area (Å²) < 4.78 is 5.83. The predicted molar refractivity (Wildman–Crippen MR) is 99.1 cm³/mol. The van der Waals surface area contributed by atoms with Crippen molar-refractivity contribution in [3.8, 4) is 5.75 Å². The molecular weight excluding hydrogens is 332 g/mol. The summed E-state index contributed by atoms with van der Waals surface area (Å²) in [6, 6.07) is 9.78. The minimum absolute atomic E-state index is 0.0539. The molecule has 2 heterocycles. The molecule has 1 aliphatic heterocycles. The number of nitrogen functional groups attached to an aromatic ring is 1. The van der Waals surface area contributed by atoms with Gasteiger partial charge in [-0.25, -0.2) is 0 Å². The monoisotopic (exact) mass is 356 g/mol. The van der Waals surface area contributed by atoms with Gasteiger partial charge in [0.1, 0.15) is 5.75 Å². The van der Waals surface area contributed by atoms with E-state index in [2.05, 4.69) is 15.0 Å². The van der Waals surface area contributed by atoms with Crippen molar-refractivity contribution in [2.75, 3.05) is 44.4 Å². The van der Waals surface area contributed by atoms with Crippen LogP contribution < -0.4 is 15.4 Å². The molecule has 0 saturated carbocycles. The molecule has 0 aliphatic carbocycles. The number of rotatable bonds is 5. The molecule has 8 heteroatoms. The van der Waals surface area contributed by atoms with E-state index >= 15 is 0 Å². The van der Waals surface area contributed by atoms with Gasteiger partial charge in [0, 0.05) is 27.2 Å². The second kappa shape index (κ2) is 7.99. The highest BCUT2D eigenvalue weighted by molar-refractivity contribution is 5.91. The van der Waals surface area contributed by atoms with Crippen molar-refractivity contribution in [1.29, 1.82) is 0 Å². The van der Waals surface area contributed by atoms with E-state index < -0.39 is 0 Å². The quantitative estimate of drug-likeness (QED) is 0.866. The number of piperidine rings is 1. The number of aromatic nitrogens is 3. The number of nitrogens with two attached hydrogens (primary N) is 1. The van der Waals surface area contributed by atoms with E-state index in [0.29, 0.717) is 31.6 Å². The predicted octanol–water partition coefficient (Wildman–Crippen LogP) is 1.45. The third-order valence-corrected chi connectivity index (χ3v) is 4.36. The first-order valence-electron chi connectivity index (χ1n) is 8.69. The molecular formula is C18H24N6O2. The van der Waals surface area contributed by atoms with Gasteiger partial charge >= 0.3 is 0 Å². The van der Waals surface area contributed by atoms with Crippen LogP contribution in [0.2, 0.25) is 0 Å². The van der Waals surface area contributed by atoms with Crippen LogP contribution >= 0.6 is 0 Å². The third-order valence-electron chi connectivity index (χ3n) is 4.36. The van der Waals surface area contributed by atoms with Crippen molar-refractivity contribution in [2.45, 2.75) is 12.8 Å². The lowest BCUT2D eigenvalue weighted by Gasteiger charge is -2.31. The number of amides is 1. The number of ether oxygens (including phenoxy) is 1. The van der Waals surface area contributed by atoms with Gasteiger partial charge in [0.05, 0.1) is 6.61 Å². The Kier molecular flexibility index (Phi) is 5.50. The SMILES string of the molecule is CN(C)c1nc(N)nc(C(=O)N2CCC(COc3ccccc3)CC2)n1. The van der Waals surface area contributed by atoms with E-state index in [0.717, 1.165) is 18.6 Å². The summed E-state index contributed by atoms with van der Waals surface area (Å²) in [6.45, 7) is 1.98. The topological polar surface area (TPSA) is 97.5 Å². The van der Waals surface area contributed by atoms with Gasteiger partial charge < -0.3 is 20.3 Å². The number of benzene rings is 1. The number of carbonyl (C=O) groups excluding carboxylic acids is 1. The second-order valence-corrected chi connectivity index (χ2v) is 6.57. The number of para-hydroxylation sites is 1. The number of hydrogen-bond donors (Lipinski definition) is 1. The van der Waals surface area contributed by atoms with Crippen LogP contribution in [0.5, 0.6) is 5.75 Å². The van der Waals surface area contributed by atoms with Gasteiger partial charge in [-0.05, 0) is 30.9 Å². The normalized spacial score (nSPS) is 14.9. The van der Waals surface area contributed by atoms with Crippen molar-refractivity contribution in [1.82, 2.24) is 19.9 Å². The summed E-state index contributed by atoms with van der Waals surface area (Å²) in [5.41, 5.74) is 5.71. The minimum Gasteiger partial charge on any atom is -0.493 e. The highest BCUT2D eigenvalue weighted by Crippen LogP contribution is 2.20. The van der Waals surface area contributed by atoms with Crippen LogP contribution in [0.4, 0.5) is 11.9 Å². The van der Waals surface area contributed by atoms with Crippen LogP contribution in [0, 0.1) is 5.92 Å². The Labute approximate surface area is 153 Å². The maximum absolute atomic E-state index is 12.7. The summed E-state index contributed by atoms with van der Waals surface area (Å²) in [7, 11) is 3.59. The Balaban J connectivity index is 1.55. The Morgan fingerprint density at radius 2 is 1.88 bits per heavy atom. The molecule has 1 amide bonds. The van der Waals surface area contributed by atoms with Crippen LogP contribution in [0.25, 0.3) is 0 Å². The minimum atomic E-state index is -0.204. The van der Waals surface area contributed by atoms with Crippen molar-refractivity contribution in [3.05, 3.63) is 36.2 Å². The van der Waals surface area contributed by atoms with E-state index in [-0.39, 0.29) is 17.7 Å². The summed E-state index contributed by atoms with van der Waals surface area (Å²) in [5.74, 6) is 1.64. The molecule has 26 heavy (non-hydrogen) atoms. The molecule has 8 nitrogen and oxygen atoms in total. The second-order valence-electron chi connectivity index (χ2n) is 6.57. The van der Waals surface area contributed by atoms with Crippen molar-refractivity contribution in [3.63, 3.8) is 0 Å². The lowest BCUT2D eigenvalue weighted by atomic mass is 9.97. The first kappa shape index (κ1) is 17.9. The molecule has 1 aromatic heterocycles. The molecule has 2 N–H and O–H groups in total. The summed E-state index contributed by atoms with van der Waals surface area (Å²) in [5, 5.41) is 0. The zero-order chi connectivity index (χ0) is 18.5. The standard InChI is InChI=1S/C18H24N6O2/c1-23(2)18-21-15(20-17(19)22-18)16(25)24-10-8-13(9-11-24)12-26-14-6-4-3-5-7-14/h3-7,13H,8-12H2,1-2H3,(H2,19,20,21,22). The number of hydrogen-bond acceptors (Lipinski definition) is 7. The van der Waals surface area contributed by atoms with Crippen molar-refractivity contribution >= 4 is 17.8 Å². The third kappa shape index (κ3) is 4.38. The molecule has 0 radical (unpaired) electrons. The average Bonchev–Trinajstić information content (AvgIpc) is 2.66. The fourth-order valence-corrected chi connectivity index (χ4v) is 2.85. The Morgan fingerprint density at radius 3 is 2.54 bits per heavy atom. The van der Waals surface area contributed by atoms with Crippen LogP contribution in [0.1, 0.15) is 23.5 Å². The van der Waals surface area contributed by atoms with Gasteiger partial charge in [0.25, 0.3) is 5.91 Å². The van der Waals surface area contributed by atoms with E-state index in [1.165, 1.54) is 0 Å². The molecule has 2 aromatic rings. The smallest absolute Gasteiger partial charge is 0.291 e. The molecule has 3 rings (SSSR count). The molecule has 1 saturated heterocycles. The number of nitrogens with zero attached hydrogens (tertiary/aromatic N) is 5. The maximum atomic E-state index is 12.7. The zero-order valence-corrected chi connectivity index (χ0v) is 15.1. The molecule has 138 valence electrons. The summed E-state index contributed by atoms with van der Waals surface area (Å²) in [6.07, 6.45) is 1.78. The largest absolute Gasteiger partial charge is 0.493 e. The van der Waals surface area contributed by atoms with Crippen molar-refractivity contribution in [2.24, 2.45) is 5.92 Å². The van der Waals surface area contributed by atoms with E-state index in [9.17, 15) is 4.79 Å². The van der Waals surface area contributed by atoms with Gasteiger partial charge in [-0.3, -0.25) is 4.79 Å². The number of anilines is 2. The first-order valence-corrected chi connectivity index (χ1v) is 8.69. The van der Waals surface area contributed by atoms with Gasteiger partial charge in [-0.15, -0.1) is 0 Å². The molecule has 1 fully saturated rings. The van der Waals surface area contributed by atoms with Gasteiger partial charge in [0.15, 0.2) is 0 Å². The van der Waals surface area contributed by atoms with Gasteiger partial charge in [-0.1, -0.05) is 18.2 Å². The molecule has 1 aromatic carbocycles. The lowest BCUT2D eigenvalue weighted by molar-refractivity contribution is 0.0649. The van der Waals surface area contributed by atoms with Crippen LogP contribution in [-0.2, 0) is 0 Å². The fraction of sp³-hybridized carbons (Fsp3) is 0.444. The Hall–Kier alpha value is -2.90. The molecule has 0 unspecified atom stereocenters. The van der Waals surface area contributed by atoms with E-state index in [1.807, 2.05) is 30.3 Å². The average molecular weight is 356 g/mol. The molecule has 1 aliphatic rings. The van der Waals surface area contributed by atoms with Crippen LogP contribution in [-0.4, -0.2) is 59.6 Å². The molecule has 0 atom stereocenters. The summed E-state index contributed by atoms with van der Waals surface area (Å²) >= 11 is 0. The summed E-state index contributed by atoms with van der Waals surface area (Å²) in [4.78, 5) is 28.4. The highest BCUT2D eigenvalue weighted by atomic mass is 16.5. The fourth-order valence-electron chi connectivity index (χ4n) is 2.85. The number of carbonyl (C=O) groups is 1. The maximum Gasteiger partial charge on any atom is 0.291 e. The zero-order valence-electron chi connectivity index (χ0n) is 15.1. The van der Waals surface area contributed by atoms with Gasteiger partial charge in [0.2, 0.25) is 17.7 Å².